The Morgan fingerprint density at radius 1 is 1.28 bits per heavy atom. The number of piperidine rings is 1. The van der Waals surface area contributed by atoms with E-state index in [1.165, 1.54) is 0 Å². The van der Waals surface area contributed by atoms with Gasteiger partial charge in [-0.2, -0.15) is 5.10 Å². The number of allylic oxidation sites excluding steroid dienone is 1. The topological polar surface area (TPSA) is 136 Å². The average Bonchev–Trinajstić information content (AvgIpc) is 3.01. The highest BCUT2D eigenvalue weighted by Gasteiger charge is 2.18. The van der Waals surface area contributed by atoms with Crippen molar-refractivity contribution in [2.24, 2.45) is 11.0 Å². The van der Waals surface area contributed by atoms with Gasteiger partial charge in [0.2, 0.25) is 5.91 Å². The molecule has 0 radical (unpaired) electrons. The molecule has 4 rings (SSSR count). The van der Waals surface area contributed by atoms with Crippen LogP contribution >= 0.6 is 0 Å². The third-order valence-corrected chi connectivity index (χ3v) is 4.60. The number of H-pyrrole nitrogens is 1. The van der Waals surface area contributed by atoms with Crippen LogP contribution in [-0.2, 0) is 9.59 Å². The summed E-state index contributed by atoms with van der Waals surface area (Å²) in [6, 6.07) is 3.50. The first-order valence-corrected chi connectivity index (χ1v) is 9.32. The SMILES string of the molecule is CC(=O)O.O=C(C=CC1CCNCC1)Nc1cc2c3c(c[nH]c3c1)C=NNC2=O. The van der Waals surface area contributed by atoms with Crippen LogP contribution < -0.4 is 16.1 Å². The number of hydrogen-bond acceptors (Lipinski definition) is 5. The Balaban J connectivity index is 0.000000552. The fraction of sp³-hybridized carbons (Fsp3) is 0.300. The number of aliphatic carboxylic acids is 1. The van der Waals surface area contributed by atoms with Crippen molar-refractivity contribution in [1.82, 2.24) is 15.7 Å². The molecule has 5 N–H and O–H groups in total. The van der Waals surface area contributed by atoms with Gasteiger partial charge in [-0.3, -0.25) is 14.4 Å². The lowest BCUT2D eigenvalue weighted by molar-refractivity contribution is -0.134. The first-order valence-electron chi connectivity index (χ1n) is 9.32. The van der Waals surface area contributed by atoms with Gasteiger partial charge in [-0.05, 0) is 50.1 Å². The molecule has 1 saturated heterocycles. The van der Waals surface area contributed by atoms with Crippen LogP contribution in [0.4, 0.5) is 5.69 Å². The normalized spacial score (nSPS) is 16.1. The zero-order valence-electron chi connectivity index (χ0n) is 16.0. The molecule has 0 aliphatic carbocycles. The maximum Gasteiger partial charge on any atom is 0.300 e. The van der Waals surface area contributed by atoms with Gasteiger partial charge in [0.1, 0.15) is 0 Å². The van der Waals surface area contributed by atoms with Crippen molar-refractivity contribution in [3.8, 4) is 0 Å². The van der Waals surface area contributed by atoms with E-state index >= 15 is 0 Å². The van der Waals surface area contributed by atoms with Crippen molar-refractivity contribution < 1.29 is 19.5 Å². The summed E-state index contributed by atoms with van der Waals surface area (Å²) in [6.07, 6.45) is 9.04. The van der Waals surface area contributed by atoms with Crippen LogP contribution in [-0.4, -0.2) is 47.2 Å². The summed E-state index contributed by atoms with van der Waals surface area (Å²) in [5.41, 5.74) is 5.16. The van der Waals surface area contributed by atoms with E-state index in [2.05, 4.69) is 26.1 Å². The molecule has 9 nitrogen and oxygen atoms in total. The Morgan fingerprint density at radius 3 is 2.72 bits per heavy atom. The molecular weight excluding hydrogens is 374 g/mol. The van der Waals surface area contributed by atoms with Gasteiger partial charge in [0.05, 0.1) is 11.8 Å². The zero-order chi connectivity index (χ0) is 20.8. The summed E-state index contributed by atoms with van der Waals surface area (Å²) in [4.78, 5) is 36.5. The maximum absolute atomic E-state index is 12.2. The fourth-order valence-electron chi connectivity index (χ4n) is 3.31. The Labute approximate surface area is 167 Å². The molecule has 2 aliphatic heterocycles. The third kappa shape index (κ3) is 5.29. The van der Waals surface area contributed by atoms with Crippen LogP contribution in [0.15, 0.2) is 35.6 Å². The Kier molecular flexibility index (Phi) is 6.40. The number of nitrogens with zero attached hydrogens (tertiary/aromatic N) is 1. The summed E-state index contributed by atoms with van der Waals surface area (Å²) >= 11 is 0. The van der Waals surface area contributed by atoms with Crippen molar-refractivity contribution in [2.45, 2.75) is 19.8 Å². The highest BCUT2D eigenvalue weighted by Crippen LogP contribution is 2.27. The van der Waals surface area contributed by atoms with E-state index < -0.39 is 5.97 Å². The molecule has 1 aromatic carbocycles. The second-order valence-corrected chi connectivity index (χ2v) is 6.84. The molecule has 0 bridgehead atoms. The molecule has 29 heavy (non-hydrogen) atoms. The van der Waals surface area contributed by atoms with E-state index in [-0.39, 0.29) is 11.8 Å². The number of nitrogens with one attached hydrogen (secondary N) is 4. The predicted octanol–water partition coefficient (Wildman–Crippen LogP) is 1.83. The lowest BCUT2D eigenvalue weighted by atomic mass is 9.98. The van der Waals surface area contributed by atoms with E-state index in [0.29, 0.717) is 17.2 Å². The number of hydrazone groups is 1. The molecule has 9 heteroatoms. The number of rotatable bonds is 3. The zero-order valence-corrected chi connectivity index (χ0v) is 16.0. The molecule has 0 spiro atoms. The van der Waals surface area contributed by atoms with E-state index in [4.69, 9.17) is 9.90 Å². The molecule has 0 unspecified atom stereocenters. The minimum absolute atomic E-state index is 0.192. The third-order valence-electron chi connectivity index (χ3n) is 4.60. The second kappa shape index (κ2) is 9.16. The molecular formula is C20H23N5O4. The van der Waals surface area contributed by atoms with E-state index in [0.717, 1.165) is 49.3 Å². The molecule has 152 valence electrons. The number of anilines is 1. The van der Waals surface area contributed by atoms with E-state index in [9.17, 15) is 9.59 Å². The summed E-state index contributed by atoms with van der Waals surface area (Å²) in [5.74, 6) is -0.879. The maximum atomic E-state index is 12.2. The van der Waals surface area contributed by atoms with Crippen LogP contribution in [0, 0.1) is 5.92 Å². The largest absolute Gasteiger partial charge is 0.481 e. The summed E-state index contributed by atoms with van der Waals surface area (Å²) in [5, 5.41) is 18.3. The van der Waals surface area contributed by atoms with Crippen molar-refractivity contribution in [2.75, 3.05) is 18.4 Å². The first-order chi connectivity index (χ1) is 13.9. The first kappa shape index (κ1) is 20.3. The predicted molar refractivity (Wildman–Crippen MR) is 110 cm³/mol. The molecule has 3 heterocycles. The Hall–Kier alpha value is -3.46. The van der Waals surface area contributed by atoms with Gasteiger partial charge >= 0.3 is 0 Å². The molecule has 0 saturated carbocycles. The molecule has 2 amide bonds. The summed E-state index contributed by atoms with van der Waals surface area (Å²) in [7, 11) is 0. The number of carboxylic acid groups (broad SMARTS) is 1. The van der Waals surface area contributed by atoms with Crippen molar-refractivity contribution in [3.63, 3.8) is 0 Å². The van der Waals surface area contributed by atoms with Crippen LogP contribution in [0.3, 0.4) is 0 Å². The van der Waals surface area contributed by atoms with Gasteiger partial charge in [0.25, 0.3) is 11.9 Å². The van der Waals surface area contributed by atoms with Gasteiger partial charge in [-0.25, -0.2) is 5.43 Å². The molecule has 1 aromatic heterocycles. The van der Waals surface area contributed by atoms with E-state index in [1.54, 1.807) is 24.6 Å². The lowest BCUT2D eigenvalue weighted by Crippen LogP contribution is -2.26. The lowest BCUT2D eigenvalue weighted by Gasteiger charge is -2.19. The molecule has 0 atom stereocenters. The smallest absolute Gasteiger partial charge is 0.300 e. The monoisotopic (exact) mass is 397 g/mol. The Bertz CT molecular complexity index is 982. The van der Waals surface area contributed by atoms with Crippen LogP contribution in [0.25, 0.3) is 10.9 Å². The van der Waals surface area contributed by atoms with Gasteiger partial charge in [-0.1, -0.05) is 6.08 Å². The highest BCUT2D eigenvalue weighted by molar-refractivity contribution is 6.15. The number of benzene rings is 1. The van der Waals surface area contributed by atoms with Gasteiger partial charge in [0.15, 0.2) is 0 Å². The van der Waals surface area contributed by atoms with Crippen molar-refractivity contribution in [1.29, 1.82) is 0 Å². The standard InChI is InChI=1S/C18H19N5O2.C2H4O2/c24-16(2-1-11-3-5-19-6-4-11)22-13-7-14-17-12(9-20-15(17)8-13)10-21-23-18(14)25;1-2(3)4/h1-2,7-11,19-20H,3-6H2,(H,22,24)(H,23,25);1H3,(H,3,4). The number of aromatic amines is 1. The van der Waals surface area contributed by atoms with Crippen molar-refractivity contribution >= 4 is 40.6 Å². The van der Waals surface area contributed by atoms with Gasteiger partial charge in [-0.15, -0.1) is 0 Å². The summed E-state index contributed by atoms with van der Waals surface area (Å²) < 4.78 is 0. The number of carbonyl (C=O) groups is 3. The Morgan fingerprint density at radius 2 is 2.00 bits per heavy atom. The highest BCUT2D eigenvalue weighted by atomic mass is 16.4. The number of amides is 2. The number of aromatic nitrogens is 1. The molecule has 2 aromatic rings. The van der Waals surface area contributed by atoms with Crippen LogP contribution in [0.5, 0.6) is 0 Å². The van der Waals surface area contributed by atoms with Gasteiger partial charge < -0.3 is 20.7 Å². The molecule has 1 fully saturated rings. The van der Waals surface area contributed by atoms with Crippen molar-refractivity contribution in [3.05, 3.63) is 41.6 Å². The van der Waals surface area contributed by atoms with E-state index in [1.807, 2.05) is 12.1 Å². The van der Waals surface area contributed by atoms with Crippen LogP contribution in [0.1, 0.15) is 35.7 Å². The number of carbonyl (C=O) groups excluding carboxylic acids is 2. The van der Waals surface area contributed by atoms with Gasteiger partial charge in [0, 0.05) is 35.3 Å². The minimum Gasteiger partial charge on any atom is -0.481 e. The fourth-order valence-corrected chi connectivity index (χ4v) is 3.31. The second-order valence-electron chi connectivity index (χ2n) is 6.84. The minimum atomic E-state index is -0.833. The average molecular weight is 397 g/mol. The number of hydrogen-bond donors (Lipinski definition) is 5. The number of carboxylic acids is 1. The summed E-state index contributed by atoms with van der Waals surface area (Å²) in [6.45, 7) is 3.06. The molecule has 2 aliphatic rings. The van der Waals surface area contributed by atoms with Crippen LogP contribution in [0.2, 0.25) is 0 Å². The quantitative estimate of drug-likeness (QED) is 0.504.